The number of fused-ring (bicyclic) bond motifs is 1. The molecule has 2 aliphatic heterocycles. The molecule has 5 heterocycles. The highest BCUT2D eigenvalue weighted by molar-refractivity contribution is 7.22. The molecule has 184 valence electrons. The predicted octanol–water partition coefficient (Wildman–Crippen LogP) is 4.20. The monoisotopic (exact) mass is 500 g/mol. The lowest BCUT2D eigenvalue weighted by molar-refractivity contribution is -0.120. The first kappa shape index (κ1) is 23.0. The topological polar surface area (TPSA) is 92.3 Å². The van der Waals surface area contributed by atoms with Crippen molar-refractivity contribution in [2.45, 2.75) is 12.8 Å². The second-order valence-electron chi connectivity index (χ2n) is 9.13. The Morgan fingerprint density at radius 2 is 1.89 bits per heavy atom. The van der Waals surface area contributed by atoms with Crippen LogP contribution in [0.2, 0.25) is 0 Å². The van der Waals surface area contributed by atoms with Gasteiger partial charge in [-0.25, -0.2) is 9.97 Å². The number of pyridine rings is 1. The molecule has 0 atom stereocenters. The third-order valence-electron chi connectivity index (χ3n) is 6.71. The highest BCUT2D eigenvalue weighted by Crippen LogP contribution is 2.38. The van der Waals surface area contributed by atoms with E-state index in [1.807, 2.05) is 36.5 Å². The standard InChI is InChI=1S/C27H28N6O2S/c34-27(18-6-9-28-10-7-18)30-21-5-1-3-19(15-21)25-31-22-16-23(20-4-2-8-29-17-20)36-24(22)26(32-25)33-11-13-35-14-12-33/h1-5,8,15-18,28H,6-7,9-14H2,(H,30,34). The molecule has 2 aliphatic rings. The van der Waals surface area contributed by atoms with E-state index >= 15 is 0 Å². The van der Waals surface area contributed by atoms with Crippen molar-refractivity contribution in [3.8, 4) is 21.8 Å². The van der Waals surface area contributed by atoms with Gasteiger partial charge in [-0.3, -0.25) is 9.78 Å². The first-order valence-corrected chi connectivity index (χ1v) is 13.2. The Morgan fingerprint density at radius 3 is 2.69 bits per heavy atom. The average Bonchev–Trinajstić information content (AvgIpc) is 3.38. The van der Waals surface area contributed by atoms with Crippen LogP contribution in [0.1, 0.15) is 12.8 Å². The predicted molar refractivity (Wildman–Crippen MR) is 143 cm³/mol. The first-order chi connectivity index (χ1) is 17.7. The van der Waals surface area contributed by atoms with E-state index in [1.54, 1.807) is 17.5 Å². The van der Waals surface area contributed by atoms with Gasteiger partial charge in [0.15, 0.2) is 11.6 Å². The molecular weight excluding hydrogens is 472 g/mol. The molecule has 6 rings (SSSR count). The summed E-state index contributed by atoms with van der Waals surface area (Å²) in [4.78, 5) is 30.5. The molecule has 0 bridgehead atoms. The van der Waals surface area contributed by atoms with Crippen molar-refractivity contribution < 1.29 is 9.53 Å². The zero-order valence-corrected chi connectivity index (χ0v) is 20.8. The summed E-state index contributed by atoms with van der Waals surface area (Å²) in [5.41, 5.74) is 3.63. The highest BCUT2D eigenvalue weighted by Gasteiger charge is 2.22. The zero-order chi connectivity index (χ0) is 24.3. The van der Waals surface area contributed by atoms with Gasteiger partial charge in [-0.1, -0.05) is 18.2 Å². The summed E-state index contributed by atoms with van der Waals surface area (Å²) < 4.78 is 6.66. The number of hydrogen-bond donors (Lipinski definition) is 2. The average molecular weight is 501 g/mol. The Kier molecular flexibility index (Phi) is 6.59. The van der Waals surface area contributed by atoms with Crippen molar-refractivity contribution in [1.29, 1.82) is 0 Å². The molecule has 1 aromatic carbocycles. The summed E-state index contributed by atoms with van der Waals surface area (Å²) in [6.45, 7) is 4.71. The maximum atomic E-state index is 12.8. The number of hydrogen-bond acceptors (Lipinski definition) is 8. The lowest BCUT2D eigenvalue weighted by atomic mass is 9.97. The van der Waals surface area contributed by atoms with E-state index in [-0.39, 0.29) is 11.8 Å². The molecule has 0 unspecified atom stereocenters. The van der Waals surface area contributed by atoms with Crippen LogP contribution in [0.15, 0.2) is 54.9 Å². The largest absolute Gasteiger partial charge is 0.378 e. The smallest absolute Gasteiger partial charge is 0.227 e. The molecule has 0 saturated carbocycles. The number of ether oxygens (including phenoxy) is 1. The van der Waals surface area contributed by atoms with Gasteiger partial charge in [0.05, 0.1) is 23.4 Å². The summed E-state index contributed by atoms with van der Waals surface area (Å²) in [5.74, 6) is 1.71. The number of thiophene rings is 1. The molecule has 4 aromatic rings. The number of piperidine rings is 1. The van der Waals surface area contributed by atoms with Crippen molar-refractivity contribution >= 4 is 39.0 Å². The third-order valence-corrected chi connectivity index (χ3v) is 7.88. The Hall–Kier alpha value is -3.40. The zero-order valence-electron chi connectivity index (χ0n) is 19.9. The van der Waals surface area contributed by atoms with Crippen molar-refractivity contribution in [2.24, 2.45) is 5.92 Å². The number of carbonyl (C=O) groups excluding carboxylic acids is 1. The quantitative estimate of drug-likeness (QED) is 0.424. The maximum Gasteiger partial charge on any atom is 0.227 e. The van der Waals surface area contributed by atoms with Crippen molar-refractivity contribution in [3.05, 3.63) is 54.9 Å². The van der Waals surface area contributed by atoms with Crippen molar-refractivity contribution in [3.63, 3.8) is 0 Å². The maximum absolute atomic E-state index is 12.8. The highest BCUT2D eigenvalue weighted by atomic mass is 32.1. The number of morpholine rings is 1. The van der Waals surface area contributed by atoms with Crippen LogP contribution in [0.25, 0.3) is 32.0 Å². The van der Waals surface area contributed by atoms with E-state index in [1.165, 1.54) is 0 Å². The van der Waals surface area contributed by atoms with Crippen LogP contribution < -0.4 is 15.5 Å². The third kappa shape index (κ3) is 4.82. The van der Waals surface area contributed by atoms with Crippen LogP contribution in [0, 0.1) is 5.92 Å². The van der Waals surface area contributed by atoms with E-state index in [2.05, 4.69) is 32.7 Å². The minimum absolute atomic E-state index is 0.0483. The van der Waals surface area contributed by atoms with Gasteiger partial charge in [0, 0.05) is 53.1 Å². The summed E-state index contributed by atoms with van der Waals surface area (Å²) >= 11 is 1.69. The minimum atomic E-state index is 0.0483. The minimum Gasteiger partial charge on any atom is -0.378 e. The van der Waals surface area contributed by atoms with E-state index in [0.717, 1.165) is 76.7 Å². The molecule has 9 heteroatoms. The Labute approximate surface area is 213 Å². The number of amides is 1. The Morgan fingerprint density at radius 1 is 1.06 bits per heavy atom. The van der Waals surface area contributed by atoms with Gasteiger partial charge in [0.1, 0.15) is 0 Å². The van der Waals surface area contributed by atoms with E-state index in [4.69, 9.17) is 14.7 Å². The summed E-state index contributed by atoms with van der Waals surface area (Å²) in [6.07, 6.45) is 5.39. The molecule has 0 radical (unpaired) electrons. The molecule has 0 spiro atoms. The van der Waals surface area contributed by atoms with Crippen LogP contribution in [-0.2, 0) is 9.53 Å². The molecule has 1 amide bonds. The van der Waals surface area contributed by atoms with E-state index in [0.29, 0.717) is 19.0 Å². The lowest BCUT2D eigenvalue weighted by Gasteiger charge is -2.28. The second-order valence-corrected chi connectivity index (χ2v) is 10.2. The second kappa shape index (κ2) is 10.3. The van der Waals surface area contributed by atoms with Crippen LogP contribution in [0.3, 0.4) is 0 Å². The molecule has 2 N–H and O–H groups in total. The number of carbonyl (C=O) groups is 1. The van der Waals surface area contributed by atoms with E-state index < -0.39 is 0 Å². The normalized spacial score (nSPS) is 16.8. The number of benzene rings is 1. The number of rotatable bonds is 5. The fourth-order valence-corrected chi connectivity index (χ4v) is 5.85. The van der Waals surface area contributed by atoms with Gasteiger partial charge in [-0.15, -0.1) is 11.3 Å². The van der Waals surface area contributed by atoms with Crippen LogP contribution in [0.4, 0.5) is 11.5 Å². The Balaban J connectivity index is 1.37. The summed E-state index contributed by atoms with van der Waals surface area (Å²) in [6, 6.07) is 14.0. The molecule has 3 aromatic heterocycles. The fraction of sp³-hybridized carbons (Fsp3) is 0.333. The molecule has 0 aliphatic carbocycles. The molecular formula is C27H28N6O2S. The number of nitrogens with one attached hydrogen (secondary N) is 2. The SMILES string of the molecule is O=C(Nc1cccc(-c2nc(N3CCOCC3)c3sc(-c4cccnc4)cc3n2)c1)C1CCNCC1. The van der Waals surface area contributed by atoms with Crippen LogP contribution in [-0.4, -0.2) is 60.3 Å². The van der Waals surface area contributed by atoms with Gasteiger partial charge >= 0.3 is 0 Å². The van der Waals surface area contributed by atoms with Crippen molar-refractivity contribution in [1.82, 2.24) is 20.3 Å². The summed E-state index contributed by atoms with van der Waals surface area (Å²) in [5, 5.41) is 6.42. The van der Waals surface area contributed by atoms with Gasteiger partial charge in [0.2, 0.25) is 5.91 Å². The van der Waals surface area contributed by atoms with Gasteiger partial charge in [-0.2, -0.15) is 0 Å². The number of nitrogens with zero attached hydrogens (tertiary/aromatic N) is 4. The van der Waals surface area contributed by atoms with E-state index in [9.17, 15) is 4.79 Å². The van der Waals surface area contributed by atoms with Gasteiger partial charge < -0.3 is 20.3 Å². The summed E-state index contributed by atoms with van der Waals surface area (Å²) in [7, 11) is 0. The molecule has 2 saturated heterocycles. The fourth-order valence-electron chi connectivity index (χ4n) is 4.75. The van der Waals surface area contributed by atoms with Crippen LogP contribution >= 0.6 is 11.3 Å². The molecule has 36 heavy (non-hydrogen) atoms. The van der Waals surface area contributed by atoms with Crippen LogP contribution in [0.5, 0.6) is 0 Å². The first-order valence-electron chi connectivity index (χ1n) is 12.4. The Bertz CT molecular complexity index is 1360. The molecule has 2 fully saturated rings. The molecule has 8 nitrogen and oxygen atoms in total. The number of aromatic nitrogens is 3. The van der Waals surface area contributed by atoms with Gasteiger partial charge in [0.25, 0.3) is 0 Å². The lowest BCUT2D eigenvalue weighted by Crippen LogP contribution is -2.36. The number of anilines is 2. The van der Waals surface area contributed by atoms with Gasteiger partial charge in [-0.05, 0) is 50.2 Å². The van der Waals surface area contributed by atoms with Crippen molar-refractivity contribution in [2.75, 3.05) is 49.6 Å².